The number of hydrogen-bond acceptors (Lipinski definition) is 4. The summed E-state index contributed by atoms with van der Waals surface area (Å²) in [5, 5.41) is 12.8. The fourth-order valence-corrected chi connectivity index (χ4v) is 2.70. The normalized spacial score (nSPS) is 17.2. The zero-order chi connectivity index (χ0) is 15.1. The Labute approximate surface area is 128 Å². The Kier molecular flexibility index (Phi) is 6.49. The van der Waals surface area contributed by atoms with Gasteiger partial charge in [-0.2, -0.15) is 0 Å². The molecule has 2 N–H and O–H groups in total. The van der Waals surface area contributed by atoms with E-state index in [4.69, 9.17) is 4.74 Å². The number of aliphatic hydroxyl groups is 1. The van der Waals surface area contributed by atoms with Crippen molar-refractivity contribution < 1.29 is 9.84 Å². The molecule has 2 rings (SSSR count). The van der Waals surface area contributed by atoms with Crippen LogP contribution in [0.4, 0.5) is 5.69 Å². The molecule has 0 bridgehead atoms. The molecule has 1 aliphatic heterocycles. The molecule has 1 fully saturated rings. The minimum absolute atomic E-state index is 0.184. The molecule has 1 heterocycles. The van der Waals surface area contributed by atoms with Crippen molar-refractivity contribution in [3.05, 3.63) is 29.8 Å². The summed E-state index contributed by atoms with van der Waals surface area (Å²) in [5.41, 5.74) is 2.53. The van der Waals surface area contributed by atoms with E-state index in [1.165, 1.54) is 11.3 Å². The molecular weight excluding hydrogens is 264 g/mol. The van der Waals surface area contributed by atoms with Crippen LogP contribution in [0.25, 0.3) is 0 Å². The van der Waals surface area contributed by atoms with E-state index in [1.807, 2.05) is 0 Å². The van der Waals surface area contributed by atoms with Crippen molar-refractivity contribution in [2.45, 2.75) is 32.9 Å². The predicted molar refractivity (Wildman–Crippen MR) is 86.6 cm³/mol. The number of nitrogens with one attached hydrogen (secondary N) is 1. The predicted octanol–water partition coefficient (Wildman–Crippen LogP) is 2.02. The molecule has 1 aromatic rings. The van der Waals surface area contributed by atoms with Gasteiger partial charge >= 0.3 is 0 Å². The highest BCUT2D eigenvalue weighted by molar-refractivity contribution is 5.47. The van der Waals surface area contributed by atoms with Crippen LogP contribution in [0, 0.1) is 5.92 Å². The molecule has 4 nitrogen and oxygen atoms in total. The molecule has 21 heavy (non-hydrogen) atoms. The van der Waals surface area contributed by atoms with Crippen LogP contribution in [0.3, 0.4) is 0 Å². The van der Waals surface area contributed by atoms with E-state index >= 15 is 0 Å². The maximum atomic E-state index is 9.39. The van der Waals surface area contributed by atoms with Crippen LogP contribution in [0.15, 0.2) is 24.3 Å². The van der Waals surface area contributed by atoms with Crippen molar-refractivity contribution in [3.8, 4) is 0 Å². The van der Waals surface area contributed by atoms with Crippen molar-refractivity contribution >= 4 is 5.69 Å². The molecule has 4 heteroatoms. The number of nitrogens with zero attached hydrogens (tertiary/aromatic N) is 1. The molecule has 1 unspecified atom stereocenters. The number of hydrogen-bond donors (Lipinski definition) is 2. The van der Waals surface area contributed by atoms with E-state index in [0.29, 0.717) is 5.92 Å². The number of anilines is 1. The second-order valence-electron chi connectivity index (χ2n) is 6.16. The quantitative estimate of drug-likeness (QED) is 0.807. The van der Waals surface area contributed by atoms with E-state index in [2.05, 4.69) is 48.3 Å². The smallest absolute Gasteiger partial charge is 0.0642 e. The standard InChI is InChI=1S/C17H28N2O2/c1-14(2)11-16(13-20)18-12-15-3-5-17(6-4-15)19-7-9-21-10-8-19/h3-6,14,16,18,20H,7-13H2,1-2H3. The molecule has 0 radical (unpaired) electrons. The van der Waals surface area contributed by atoms with Gasteiger partial charge in [0.05, 0.1) is 19.8 Å². The lowest BCUT2D eigenvalue weighted by molar-refractivity contribution is 0.122. The van der Waals surface area contributed by atoms with Gasteiger partial charge in [0.2, 0.25) is 0 Å². The Balaban J connectivity index is 1.84. The second kappa shape index (κ2) is 8.37. The summed E-state index contributed by atoms with van der Waals surface area (Å²) in [6.45, 7) is 8.94. The summed E-state index contributed by atoms with van der Waals surface area (Å²) in [4.78, 5) is 2.36. The van der Waals surface area contributed by atoms with E-state index < -0.39 is 0 Å². The SMILES string of the molecule is CC(C)CC(CO)NCc1ccc(N2CCOCC2)cc1. The molecule has 0 aliphatic carbocycles. The van der Waals surface area contributed by atoms with Crippen LogP contribution in [-0.2, 0) is 11.3 Å². The summed E-state index contributed by atoms with van der Waals surface area (Å²) in [6.07, 6.45) is 1.00. The summed E-state index contributed by atoms with van der Waals surface area (Å²) in [7, 11) is 0. The molecule has 1 aliphatic rings. The van der Waals surface area contributed by atoms with Crippen molar-refractivity contribution in [2.75, 3.05) is 37.8 Å². The van der Waals surface area contributed by atoms with Gasteiger partial charge < -0.3 is 20.1 Å². The van der Waals surface area contributed by atoms with Crippen molar-refractivity contribution in [1.82, 2.24) is 5.32 Å². The Morgan fingerprint density at radius 2 is 1.86 bits per heavy atom. The molecule has 1 atom stereocenters. The Morgan fingerprint density at radius 1 is 1.19 bits per heavy atom. The number of rotatable bonds is 7. The average molecular weight is 292 g/mol. The van der Waals surface area contributed by atoms with Gasteiger partial charge in [-0.05, 0) is 30.0 Å². The van der Waals surface area contributed by atoms with Crippen molar-refractivity contribution in [1.29, 1.82) is 0 Å². The molecule has 118 valence electrons. The van der Waals surface area contributed by atoms with Gasteiger partial charge in [0.15, 0.2) is 0 Å². The molecule has 0 amide bonds. The fraction of sp³-hybridized carbons (Fsp3) is 0.647. The largest absolute Gasteiger partial charge is 0.395 e. The summed E-state index contributed by atoms with van der Waals surface area (Å²) in [5.74, 6) is 0.596. The van der Waals surface area contributed by atoms with Crippen LogP contribution < -0.4 is 10.2 Å². The third-order valence-corrected chi connectivity index (χ3v) is 3.88. The second-order valence-corrected chi connectivity index (χ2v) is 6.16. The molecule has 1 saturated heterocycles. The average Bonchev–Trinajstić information content (AvgIpc) is 2.52. The monoisotopic (exact) mass is 292 g/mol. The first-order chi connectivity index (χ1) is 10.2. The van der Waals surface area contributed by atoms with E-state index in [9.17, 15) is 5.11 Å². The zero-order valence-electron chi connectivity index (χ0n) is 13.2. The highest BCUT2D eigenvalue weighted by Gasteiger charge is 2.11. The molecule has 0 aromatic heterocycles. The first-order valence-electron chi connectivity index (χ1n) is 7.95. The van der Waals surface area contributed by atoms with Gasteiger partial charge in [-0.1, -0.05) is 26.0 Å². The van der Waals surface area contributed by atoms with Crippen molar-refractivity contribution in [2.24, 2.45) is 5.92 Å². The van der Waals surface area contributed by atoms with Gasteiger partial charge in [0, 0.05) is 31.4 Å². The fourth-order valence-electron chi connectivity index (χ4n) is 2.70. The molecule has 0 saturated carbocycles. The molecule has 1 aromatic carbocycles. The van der Waals surface area contributed by atoms with E-state index in [0.717, 1.165) is 39.3 Å². The van der Waals surface area contributed by atoms with Gasteiger partial charge in [-0.15, -0.1) is 0 Å². The summed E-state index contributed by atoms with van der Waals surface area (Å²) in [6, 6.07) is 8.88. The number of ether oxygens (including phenoxy) is 1. The maximum Gasteiger partial charge on any atom is 0.0642 e. The first-order valence-corrected chi connectivity index (χ1v) is 7.95. The topological polar surface area (TPSA) is 44.7 Å². The Morgan fingerprint density at radius 3 is 2.43 bits per heavy atom. The van der Waals surface area contributed by atoms with Gasteiger partial charge in [0.1, 0.15) is 0 Å². The summed E-state index contributed by atoms with van der Waals surface area (Å²) >= 11 is 0. The number of benzene rings is 1. The van der Waals surface area contributed by atoms with Crippen LogP contribution >= 0.6 is 0 Å². The Hall–Kier alpha value is -1.10. The first kappa shape index (κ1) is 16.3. The minimum Gasteiger partial charge on any atom is -0.395 e. The maximum absolute atomic E-state index is 9.39. The molecular formula is C17H28N2O2. The van der Waals surface area contributed by atoms with Gasteiger partial charge in [-0.3, -0.25) is 0 Å². The lowest BCUT2D eigenvalue weighted by atomic mass is 10.0. The third-order valence-electron chi connectivity index (χ3n) is 3.88. The molecule has 0 spiro atoms. The lowest BCUT2D eigenvalue weighted by Gasteiger charge is -2.29. The highest BCUT2D eigenvalue weighted by Crippen LogP contribution is 2.16. The van der Waals surface area contributed by atoms with Crippen LogP contribution in [-0.4, -0.2) is 44.1 Å². The minimum atomic E-state index is 0.184. The van der Waals surface area contributed by atoms with Gasteiger partial charge in [-0.25, -0.2) is 0 Å². The third kappa shape index (κ3) is 5.30. The highest BCUT2D eigenvalue weighted by atomic mass is 16.5. The van der Waals surface area contributed by atoms with E-state index in [-0.39, 0.29) is 12.6 Å². The van der Waals surface area contributed by atoms with E-state index in [1.54, 1.807) is 0 Å². The zero-order valence-corrected chi connectivity index (χ0v) is 13.2. The van der Waals surface area contributed by atoms with Crippen LogP contribution in [0.5, 0.6) is 0 Å². The number of aliphatic hydroxyl groups excluding tert-OH is 1. The van der Waals surface area contributed by atoms with Crippen LogP contribution in [0.2, 0.25) is 0 Å². The lowest BCUT2D eigenvalue weighted by Crippen LogP contribution is -2.36. The number of morpholine rings is 1. The van der Waals surface area contributed by atoms with Gasteiger partial charge in [0.25, 0.3) is 0 Å². The summed E-state index contributed by atoms with van der Waals surface area (Å²) < 4.78 is 5.38. The van der Waals surface area contributed by atoms with Crippen molar-refractivity contribution in [3.63, 3.8) is 0 Å². The van der Waals surface area contributed by atoms with Crippen LogP contribution in [0.1, 0.15) is 25.8 Å². The Bertz CT molecular complexity index is 400.